The van der Waals surface area contributed by atoms with Gasteiger partial charge in [0, 0.05) is 23.6 Å². The summed E-state index contributed by atoms with van der Waals surface area (Å²) in [6.45, 7) is 4.18. The molecule has 0 radical (unpaired) electrons. The molecule has 0 aromatic carbocycles. The monoisotopic (exact) mass is 454 g/mol. The molecule has 4 nitrogen and oxygen atoms in total. The predicted octanol–water partition coefficient (Wildman–Crippen LogP) is 6.25. The van der Waals surface area contributed by atoms with E-state index in [0.29, 0.717) is 13.2 Å². The quantitative estimate of drug-likeness (QED) is 0.434. The van der Waals surface area contributed by atoms with Crippen molar-refractivity contribution in [2.24, 2.45) is 0 Å². The number of ether oxygens (including phenoxy) is 2. The van der Waals surface area contributed by atoms with E-state index < -0.39 is 0 Å². The van der Waals surface area contributed by atoms with Crippen LogP contribution in [0.15, 0.2) is 32.7 Å². The molecule has 27 heavy (non-hydrogen) atoms. The molecular formula is C18H14O4S5. The average molecular weight is 455 g/mol. The van der Waals surface area contributed by atoms with Crippen molar-refractivity contribution in [2.45, 2.75) is 22.3 Å². The van der Waals surface area contributed by atoms with Gasteiger partial charge in [0.1, 0.15) is 13.2 Å². The van der Waals surface area contributed by atoms with Crippen LogP contribution in [0.2, 0.25) is 0 Å². The van der Waals surface area contributed by atoms with Crippen LogP contribution in [0.5, 0.6) is 11.5 Å². The van der Waals surface area contributed by atoms with E-state index >= 15 is 0 Å². The van der Waals surface area contributed by atoms with Crippen molar-refractivity contribution >= 4 is 67.8 Å². The molecule has 3 aromatic rings. The van der Waals surface area contributed by atoms with Crippen LogP contribution in [0.3, 0.4) is 0 Å². The van der Waals surface area contributed by atoms with Gasteiger partial charge in [-0.05, 0) is 47.8 Å². The molecule has 0 N–H and O–H groups in total. The zero-order chi connectivity index (χ0) is 19.0. The molecule has 4 heterocycles. The normalized spacial score (nSPS) is 13.0. The number of fused-ring (bicyclic) bond motifs is 1. The molecule has 0 saturated heterocycles. The topological polar surface area (TPSA) is 52.6 Å². The molecule has 0 atom stereocenters. The van der Waals surface area contributed by atoms with Gasteiger partial charge in [-0.2, -0.15) is 0 Å². The summed E-state index contributed by atoms with van der Waals surface area (Å²) in [5.74, 6) is 1.55. The zero-order valence-corrected chi connectivity index (χ0v) is 18.5. The minimum absolute atomic E-state index is 0.0750. The van der Waals surface area contributed by atoms with Gasteiger partial charge in [-0.1, -0.05) is 0 Å². The summed E-state index contributed by atoms with van der Waals surface area (Å²) in [7, 11) is 0. The smallest absolute Gasteiger partial charge is 0.191 e. The molecule has 9 heteroatoms. The minimum atomic E-state index is 0.0750. The van der Waals surface area contributed by atoms with E-state index in [0.717, 1.165) is 39.4 Å². The summed E-state index contributed by atoms with van der Waals surface area (Å²) in [5, 5.41) is 0.150. The molecule has 0 unspecified atom stereocenters. The molecule has 0 saturated carbocycles. The van der Waals surface area contributed by atoms with Crippen LogP contribution in [0.4, 0.5) is 0 Å². The van der Waals surface area contributed by atoms with Crippen molar-refractivity contribution in [3.8, 4) is 31.0 Å². The first-order valence-corrected chi connectivity index (χ1v) is 12.1. The summed E-state index contributed by atoms with van der Waals surface area (Å²) < 4.78 is 13.8. The average Bonchev–Trinajstić information content (AvgIpc) is 3.32. The Hall–Kier alpha value is -1.26. The zero-order valence-electron chi connectivity index (χ0n) is 14.4. The van der Waals surface area contributed by atoms with Crippen molar-refractivity contribution < 1.29 is 19.1 Å². The second kappa shape index (κ2) is 8.00. The summed E-state index contributed by atoms with van der Waals surface area (Å²) in [6.07, 6.45) is 0. The molecule has 1 aliphatic rings. The summed E-state index contributed by atoms with van der Waals surface area (Å²) in [5.41, 5.74) is 0. The lowest BCUT2D eigenvalue weighted by Crippen LogP contribution is -2.14. The van der Waals surface area contributed by atoms with Crippen molar-refractivity contribution in [2.75, 3.05) is 13.2 Å². The third kappa shape index (κ3) is 4.12. The summed E-state index contributed by atoms with van der Waals surface area (Å²) in [6, 6.07) is 7.98. The van der Waals surface area contributed by atoms with Gasteiger partial charge in [0.2, 0.25) is 0 Å². The fourth-order valence-electron chi connectivity index (χ4n) is 2.55. The highest BCUT2D eigenvalue weighted by Gasteiger charge is 2.28. The van der Waals surface area contributed by atoms with Crippen molar-refractivity contribution in [3.63, 3.8) is 0 Å². The summed E-state index contributed by atoms with van der Waals surface area (Å²) >= 11 is 7.28. The van der Waals surface area contributed by atoms with Crippen molar-refractivity contribution in [1.82, 2.24) is 0 Å². The largest absolute Gasteiger partial charge is 0.485 e. The highest BCUT2D eigenvalue weighted by Crippen LogP contribution is 2.56. The van der Waals surface area contributed by atoms with E-state index in [4.69, 9.17) is 9.47 Å². The van der Waals surface area contributed by atoms with Crippen LogP contribution in [-0.2, 0) is 9.59 Å². The van der Waals surface area contributed by atoms with Gasteiger partial charge in [0.05, 0.1) is 18.2 Å². The maximum Gasteiger partial charge on any atom is 0.191 e. The molecular weight excluding hydrogens is 441 g/mol. The van der Waals surface area contributed by atoms with Gasteiger partial charge in [0.15, 0.2) is 21.7 Å². The van der Waals surface area contributed by atoms with Gasteiger partial charge in [-0.15, -0.1) is 34.0 Å². The van der Waals surface area contributed by atoms with E-state index in [2.05, 4.69) is 0 Å². The van der Waals surface area contributed by atoms with Crippen LogP contribution >= 0.6 is 57.5 Å². The van der Waals surface area contributed by atoms with Gasteiger partial charge >= 0.3 is 0 Å². The molecule has 0 amide bonds. The van der Waals surface area contributed by atoms with Crippen LogP contribution in [0.1, 0.15) is 13.8 Å². The third-order valence-corrected chi connectivity index (χ3v) is 9.02. The Labute approximate surface area is 176 Å². The van der Waals surface area contributed by atoms with Gasteiger partial charge in [-0.3, -0.25) is 9.59 Å². The minimum Gasteiger partial charge on any atom is -0.485 e. The van der Waals surface area contributed by atoms with E-state index in [1.807, 2.05) is 24.3 Å². The third-order valence-electron chi connectivity index (χ3n) is 3.50. The van der Waals surface area contributed by atoms with Crippen LogP contribution in [0.25, 0.3) is 19.5 Å². The van der Waals surface area contributed by atoms with E-state index in [1.165, 1.54) is 23.5 Å². The second-order valence-electron chi connectivity index (χ2n) is 5.54. The fraction of sp³-hybridized carbons (Fsp3) is 0.222. The van der Waals surface area contributed by atoms with Gasteiger partial charge < -0.3 is 9.47 Å². The maximum absolute atomic E-state index is 11.4. The number of hydrogen-bond donors (Lipinski definition) is 0. The Bertz CT molecular complexity index is 934. The Morgan fingerprint density at radius 1 is 0.778 bits per heavy atom. The fourth-order valence-corrected chi connectivity index (χ4v) is 7.85. The molecule has 0 aliphatic carbocycles. The van der Waals surface area contributed by atoms with Crippen LogP contribution in [0, 0.1) is 0 Å². The summed E-state index contributed by atoms with van der Waals surface area (Å²) in [4.78, 5) is 26.9. The molecule has 0 spiro atoms. The highest BCUT2D eigenvalue weighted by atomic mass is 32.2. The predicted molar refractivity (Wildman–Crippen MR) is 115 cm³/mol. The van der Waals surface area contributed by atoms with Crippen LogP contribution < -0.4 is 9.47 Å². The van der Waals surface area contributed by atoms with Gasteiger partial charge in [-0.25, -0.2) is 0 Å². The van der Waals surface area contributed by atoms with E-state index in [9.17, 15) is 9.59 Å². The lowest BCUT2D eigenvalue weighted by Gasteiger charge is -2.16. The Kier molecular flexibility index (Phi) is 5.65. The number of thiophene rings is 3. The Morgan fingerprint density at radius 2 is 1.22 bits per heavy atom. The molecule has 140 valence electrons. The Balaban J connectivity index is 1.74. The standard InChI is InChI=1S/C18H14O4S5/c1-9(19)23-13-5-3-11(25-13)17-15-16(22-8-7-21-15)18(27-17)12-4-6-14(26-12)24-10(2)20/h3-6H,7-8H2,1-2H3. The first kappa shape index (κ1) is 19.1. The second-order valence-corrected chi connectivity index (χ2v) is 11.7. The molecule has 4 rings (SSSR count). The number of carbonyl (C=O) groups excluding carboxylic acids is 2. The lowest BCUT2D eigenvalue weighted by molar-refractivity contribution is -0.109. The number of hydrogen-bond acceptors (Lipinski definition) is 9. The molecule has 0 fully saturated rings. The lowest BCUT2D eigenvalue weighted by atomic mass is 10.3. The molecule has 0 bridgehead atoms. The van der Waals surface area contributed by atoms with Crippen LogP contribution in [-0.4, -0.2) is 23.4 Å². The van der Waals surface area contributed by atoms with E-state index in [1.54, 1.807) is 47.9 Å². The van der Waals surface area contributed by atoms with Crippen molar-refractivity contribution in [3.05, 3.63) is 24.3 Å². The number of thioether (sulfide) groups is 2. The Morgan fingerprint density at radius 3 is 1.63 bits per heavy atom. The first-order valence-electron chi connectivity index (χ1n) is 8.01. The van der Waals surface area contributed by atoms with E-state index in [-0.39, 0.29) is 10.2 Å². The molecule has 3 aromatic heterocycles. The number of carbonyl (C=O) groups is 2. The SMILES string of the molecule is CC(=O)Sc1ccc(-c2sc(-c3ccc(SC(C)=O)s3)c3c2OCCO3)s1. The number of rotatable bonds is 4. The van der Waals surface area contributed by atoms with Gasteiger partial charge in [0.25, 0.3) is 0 Å². The molecule has 1 aliphatic heterocycles. The van der Waals surface area contributed by atoms with Crippen molar-refractivity contribution in [1.29, 1.82) is 0 Å². The highest BCUT2D eigenvalue weighted by molar-refractivity contribution is 8.15. The maximum atomic E-state index is 11.4. The first-order chi connectivity index (χ1) is 13.0.